The van der Waals surface area contributed by atoms with Crippen LogP contribution in [-0.2, 0) is 22.7 Å². The largest absolute Gasteiger partial charge is 0.444 e. The molecule has 3 amide bonds. The summed E-state index contributed by atoms with van der Waals surface area (Å²) in [4.78, 5) is 44.0. The molecule has 0 bridgehead atoms. The topological polar surface area (TPSA) is 121 Å². The summed E-state index contributed by atoms with van der Waals surface area (Å²) < 4.78 is 5.59. The highest BCUT2D eigenvalue weighted by Crippen LogP contribution is 2.41. The highest BCUT2D eigenvalue weighted by atomic mass is 32.2. The van der Waals surface area contributed by atoms with Gasteiger partial charge in [-0.25, -0.2) is 4.79 Å². The standard InChI is InChI=1S/C27H28N4O5S/c32-15-14-29-24(33)21-8-6-19(7-9-21)16-30-25(34)23-18-37-26(22-10-12-28-13-11-22)31(23)27(35)36-17-20-4-2-1-3-5-20/h1-13,23,26,32H,14-18H2,(H,29,33)(H,30,34)/t23-,26?/m0/s1. The maximum Gasteiger partial charge on any atom is 0.412 e. The number of aromatic nitrogens is 1. The molecule has 192 valence electrons. The highest BCUT2D eigenvalue weighted by Gasteiger charge is 2.43. The Hall–Kier alpha value is -3.89. The maximum absolute atomic E-state index is 13.2. The van der Waals surface area contributed by atoms with E-state index in [1.807, 2.05) is 42.5 Å². The second-order valence-corrected chi connectivity index (χ2v) is 9.44. The van der Waals surface area contributed by atoms with Crippen LogP contribution in [0.5, 0.6) is 0 Å². The van der Waals surface area contributed by atoms with E-state index in [0.717, 1.165) is 16.7 Å². The zero-order chi connectivity index (χ0) is 26.0. The average Bonchev–Trinajstić information content (AvgIpc) is 3.40. The lowest BCUT2D eigenvalue weighted by atomic mass is 10.1. The summed E-state index contributed by atoms with van der Waals surface area (Å²) >= 11 is 1.50. The molecule has 1 aliphatic rings. The first kappa shape index (κ1) is 26.2. The molecule has 2 atom stereocenters. The number of hydrogen-bond donors (Lipinski definition) is 3. The molecule has 0 aliphatic carbocycles. The fourth-order valence-corrected chi connectivity index (χ4v) is 5.28. The van der Waals surface area contributed by atoms with Crippen molar-refractivity contribution in [2.45, 2.75) is 24.6 Å². The molecule has 1 aliphatic heterocycles. The van der Waals surface area contributed by atoms with Crippen LogP contribution < -0.4 is 10.6 Å². The lowest BCUT2D eigenvalue weighted by Gasteiger charge is -2.28. The molecule has 0 saturated carbocycles. The van der Waals surface area contributed by atoms with Crippen LogP contribution in [0.3, 0.4) is 0 Å². The van der Waals surface area contributed by atoms with Crippen molar-refractivity contribution in [1.29, 1.82) is 0 Å². The molecule has 3 N–H and O–H groups in total. The van der Waals surface area contributed by atoms with Crippen molar-refractivity contribution in [2.75, 3.05) is 18.9 Å². The fraction of sp³-hybridized carbons (Fsp3) is 0.259. The maximum atomic E-state index is 13.2. The van der Waals surface area contributed by atoms with E-state index in [2.05, 4.69) is 15.6 Å². The summed E-state index contributed by atoms with van der Waals surface area (Å²) in [5.74, 6) is -0.145. The Balaban J connectivity index is 1.42. The highest BCUT2D eigenvalue weighted by molar-refractivity contribution is 7.99. The van der Waals surface area contributed by atoms with Crippen molar-refractivity contribution in [1.82, 2.24) is 20.5 Å². The second-order valence-electron chi connectivity index (χ2n) is 8.32. The van der Waals surface area contributed by atoms with Gasteiger partial charge >= 0.3 is 6.09 Å². The number of rotatable bonds is 9. The monoisotopic (exact) mass is 520 g/mol. The molecule has 37 heavy (non-hydrogen) atoms. The minimum Gasteiger partial charge on any atom is -0.444 e. The predicted molar refractivity (Wildman–Crippen MR) is 139 cm³/mol. The third kappa shape index (κ3) is 6.87. The Morgan fingerprint density at radius 1 is 0.973 bits per heavy atom. The van der Waals surface area contributed by atoms with Gasteiger partial charge in [-0.1, -0.05) is 42.5 Å². The van der Waals surface area contributed by atoms with Crippen LogP contribution in [0.1, 0.15) is 32.4 Å². The van der Waals surface area contributed by atoms with E-state index in [-0.39, 0.29) is 43.5 Å². The van der Waals surface area contributed by atoms with Crippen LogP contribution in [0.2, 0.25) is 0 Å². The molecule has 0 spiro atoms. The number of thioether (sulfide) groups is 1. The van der Waals surface area contributed by atoms with Crippen LogP contribution in [0.15, 0.2) is 79.1 Å². The number of aliphatic hydroxyl groups is 1. The summed E-state index contributed by atoms with van der Waals surface area (Å²) in [5.41, 5.74) is 2.99. The van der Waals surface area contributed by atoms with Crippen molar-refractivity contribution in [2.24, 2.45) is 0 Å². The molecular formula is C27H28N4O5S. The quantitative estimate of drug-likeness (QED) is 0.397. The number of pyridine rings is 1. The van der Waals surface area contributed by atoms with Crippen LogP contribution in [-0.4, -0.2) is 57.8 Å². The summed E-state index contributed by atoms with van der Waals surface area (Å²) in [7, 11) is 0. The van der Waals surface area contributed by atoms with Gasteiger partial charge in [0.05, 0.1) is 6.61 Å². The van der Waals surface area contributed by atoms with E-state index in [4.69, 9.17) is 9.84 Å². The Bertz CT molecular complexity index is 1190. The Labute approximate surface area is 219 Å². The van der Waals surface area contributed by atoms with Crippen LogP contribution >= 0.6 is 11.8 Å². The average molecular weight is 521 g/mol. The Morgan fingerprint density at radius 3 is 2.41 bits per heavy atom. The zero-order valence-electron chi connectivity index (χ0n) is 20.1. The number of aliphatic hydroxyl groups excluding tert-OH is 1. The number of carbonyl (C=O) groups is 3. The van der Waals surface area contributed by atoms with Gasteiger partial charge in [0.2, 0.25) is 5.91 Å². The van der Waals surface area contributed by atoms with E-state index in [1.165, 1.54) is 16.7 Å². The molecule has 10 heteroatoms. The van der Waals surface area contributed by atoms with Gasteiger partial charge in [-0.2, -0.15) is 0 Å². The van der Waals surface area contributed by atoms with Crippen molar-refractivity contribution in [3.05, 3.63) is 101 Å². The number of benzene rings is 2. The summed E-state index contributed by atoms with van der Waals surface area (Å²) in [5, 5.41) is 14.0. The smallest absolute Gasteiger partial charge is 0.412 e. The first-order valence-electron chi connectivity index (χ1n) is 11.8. The van der Waals surface area contributed by atoms with Crippen molar-refractivity contribution >= 4 is 29.7 Å². The first-order valence-corrected chi connectivity index (χ1v) is 12.9. The predicted octanol–water partition coefficient (Wildman–Crippen LogP) is 2.87. The van der Waals surface area contributed by atoms with Crippen LogP contribution in [0, 0.1) is 0 Å². The number of nitrogens with one attached hydrogen (secondary N) is 2. The van der Waals surface area contributed by atoms with Gasteiger partial charge in [0.25, 0.3) is 5.91 Å². The summed E-state index contributed by atoms with van der Waals surface area (Å²) in [6.45, 7) is 0.400. The molecule has 1 saturated heterocycles. The van der Waals surface area contributed by atoms with Gasteiger partial charge < -0.3 is 20.5 Å². The molecule has 2 heterocycles. The van der Waals surface area contributed by atoms with Gasteiger partial charge in [0, 0.05) is 36.8 Å². The lowest BCUT2D eigenvalue weighted by Crippen LogP contribution is -2.47. The Morgan fingerprint density at radius 2 is 1.70 bits per heavy atom. The molecule has 1 aromatic heterocycles. The van der Waals surface area contributed by atoms with E-state index in [9.17, 15) is 14.4 Å². The zero-order valence-corrected chi connectivity index (χ0v) is 20.9. The molecule has 9 nitrogen and oxygen atoms in total. The molecular weight excluding hydrogens is 492 g/mol. The number of hydrogen-bond acceptors (Lipinski definition) is 7. The van der Waals surface area contributed by atoms with Crippen molar-refractivity contribution in [3.8, 4) is 0 Å². The SMILES string of the molecule is O=C(NCCO)c1ccc(CNC(=O)[C@@H]2CSC(c3ccncc3)N2C(=O)OCc2ccccc2)cc1. The third-order valence-corrected chi connectivity index (χ3v) is 7.11. The van der Waals surface area contributed by atoms with Crippen molar-refractivity contribution in [3.63, 3.8) is 0 Å². The van der Waals surface area contributed by atoms with Gasteiger partial charge in [-0.3, -0.25) is 19.5 Å². The van der Waals surface area contributed by atoms with Gasteiger partial charge in [-0.05, 0) is 41.0 Å². The van der Waals surface area contributed by atoms with E-state index >= 15 is 0 Å². The van der Waals surface area contributed by atoms with Gasteiger partial charge in [-0.15, -0.1) is 11.8 Å². The normalized spacial score (nSPS) is 16.7. The molecule has 3 aromatic rings. The van der Waals surface area contributed by atoms with Gasteiger partial charge in [0.1, 0.15) is 18.0 Å². The number of ether oxygens (including phenoxy) is 1. The van der Waals surface area contributed by atoms with Crippen LogP contribution in [0.4, 0.5) is 4.79 Å². The number of amides is 3. The summed E-state index contributed by atoms with van der Waals surface area (Å²) in [6, 6.07) is 19.2. The number of nitrogens with zero attached hydrogens (tertiary/aromatic N) is 2. The van der Waals surface area contributed by atoms with E-state index in [1.54, 1.807) is 36.7 Å². The van der Waals surface area contributed by atoms with E-state index < -0.39 is 12.1 Å². The first-order chi connectivity index (χ1) is 18.1. The third-order valence-electron chi connectivity index (χ3n) is 5.79. The van der Waals surface area contributed by atoms with E-state index in [0.29, 0.717) is 11.3 Å². The van der Waals surface area contributed by atoms with Crippen LogP contribution in [0.25, 0.3) is 0 Å². The Kier molecular flexibility index (Phi) is 9.12. The lowest BCUT2D eigenvalue weighted by molar-refractivity contribution is -0.125. The van der Waals surface area contributed by atoms with Gasteiger partial charge in [0.15, 0.2) is 0 Å². The summed E-state index contributed by atoms with van der Waals surface area (Å²) in [6.07, 6.45) is 2.75. The fourth-order valence-electron chi connectivity index (χ4n) is 3.86. The minimum atomic E-state index is -0.713. The second kappa shape index (κ2) is 12.9. The molecule has 1 fully saturated rings. The molecule has 1 unspecified atom stereocenters. The van der Waals surface area contributed by atoms with Crippen molar-refractivity contribution < 1.29 is 24.2 Å². The number of carbonyl (C=O) groups excluding carboxylic acids is 3. The minimum absolute atomic E-state index is 0.108. The molecule has 0 radical (unpaired) electrons. The molecule has 2 aromatic carbocycles. The molecule has 4 rings (SSSR count).